The normalized spacial score (nSPS) is 23.0. The average molecular weight is 806 g/mol. The number of methoxy groups -OCH3 is 1. The van der Waals surface area contributed by atoms with Gasteiger partial charge in [-0.15, -0.1) is 11.3 Å². The van der Waals surface area contributed by atoms with Gasteiger partial charge < -0.3 is 24.1 Å². The molecule has 2 N–H and O–H groups in total. The summed E-state index contributed by atoms with van der Waals surface area (Å²) in [5, 5.41) is 8.36. The quantitative estimate of drug-likeness (QED) is 0.187. The zero-order chi connectivity index (χ0) is 40.6. The van der Waals surface area contributed by atoms with E-state index in [0.717, 1.165) is 56.8 Å². The maximum atomic E-state index is 14.4. The molecule has 58 heavy (non-hydrogen) atoms. The lowest BCUT2D eigenvalue weighted by atomic mass is 9.84. The summed E-state index contributed by atoms with van der Waals surface area (Å²) in [5.74, 6) is -1.67. The van der Waals surface area contributed by atoms with Crippen LogP contribution < -0.4 is 10.7 Å². The average Bonchev–Trinajstić information content (AvgIpc) is 4.00. The van der Waals surface area contributed by atoms with Crippen molar-refractivity contribution in [3.05, 3.63) is 88.3 Å². The number of thiazole rings is 1. The Labute approximate surface area is 342 Å². The molecule has 3 aliphatic rings. The number of nitrogens with one attached hydrogen (secondary N) is 2. The van der Waals surface area contributed by atoms with E-state index in [2.05, 4.69) is 65.3 Å². The fourth-order valence-electron chi connectivity index (χ4n) is 8.59. The van der Waals surface area contributed by atoms with Gasteiger partial charge in [-0.05, 0) is 80.6 Å². The summed E-state index contributed by atoms with van der Waals surface area (Å²) < 4.78 is 20.0. The second-order valence-electron chi connectivity index (χ2n) is 16.3. The molecule has 2 fully saturated rings. The Bertz CT molecular complexity index is 2310. The van der Waals surface area contributed by atoms with Gasteiger partial charge in [0.1, 0.15) is 12.1 Å². The van der Waals surface area contributed by atoms with Gasteiger partial charge in [0.2, 0.25) is 5.91 Å². The van der Waals surface area contributed by atoms with Crippen LogP contribution in [0.25, 0.3) is 33.4 Å². The molecule has 6 bridgehead atoms. The van der Waals surface area contributed by atoms with Gasteiger partial charge in [0.05, 0.1) is 53.9 Å². The Kier molecular flexibility index (Phi) is 11.4. The molecule has 0 saturated carbocycles. The van der Waals surface area contributed by atoms with E-state index < -0.39 is 29.4 Å². The summed E-state index contributed by atoms with van der Waals surface area (Å²) in [5.41, 5.74) is 10.5. The number of fused-ring (bicyclic) bond motifs is 6. The van der Waals surface area contributed by atoms with Crippen molar-refractivity contribution >= 4 is 40.0 Å². The van der Waals surface area contributed by atoms with E-state index in [0.29, 0.717) is 37.4 Å². The van der Waals surface area contributed by atoms with Crippen LogP contribution in [0.3, 0.4) is 0 Å². The number of nitrogens with zero attached hydrogens (tertiary/aromatic N) is 5. The molecule has 4 aromatic heterocycles. The standard InChI is InChI=1S/C44H51N7O6S/c1-6-50-37-12-11-28-19-30(37)31(40(50)29-9-7-15-46-39(29)26(2)55-5)21-44(3,4)25-57-43(54)34-10-8-18-51(49-34)42(53)35(20-38-47-36(28)24-58-38)48-41(52)33-23-56-22-32(33)27-13-16-45-17-14-27/h7,9,11-17,19,24,26,32-35,49H,6,8,10,18,20-23,25H2,1-5H3,(H,48,52)/t26-,32-,33+,34-,35-/m0/s1. The Balaban J connectivity index is 1.20. The van der Waals surface area contributed by atoms with Crippen LogP contribution in [0.2, 0.25) is 0 Å². The summed E-state index contributed by atoms with van der Waals surface area (Å²) in [6.07, 6.45) is 6.88. The number of cyclic esters (lactones) is 1. The van der Waals surface area contributed by atoms with Crippen LogP contribution in [-0.2, 0) is 48.0 Å². The van der Waals surface area contributed by atoms with E-state index in [1.165, 1.54) is 16.3 Å². The molecule has 304 valence electrons. The largest absolute Gasteiger partial charge is 0.464 e. The minimum absolute atomic E-state index is 0.167. The molecule has 1 aromatic carbocycles. The molecule has 14 heteroatoms. The van der Waals surface area contributed by atoms with Gasteiger partial charge in [-0.25, -0.2) is 10.4 Å². The molecule has 13 nitrogen and oxygen atoms in total. The Morgan fingerprint density at radius 2 is 1.97 bits per heavy atom. The van der Waals surface area contributed by atoms with E-state index in [1.54, 1.807) is 25.7 Å². The number of ether oxygens (including phenoxy) is 3. The monoisotopic (exact) mass is 805 g/mol. The molecule has 3 aliphatic heterocycles. The van der Waals surface area contributed by atoms with Crippen LogP contribution in [0.4, 0.5) is 0 Å². The predicted molar refractivity (Wildman–Crippen MR) is 221 cm³/mol. The van der Waals surface area contributed by atoms with Crippen molar-refractivity contribution in [2.45, 2.75) is 84.0 Å². The Morgan fingerprint density at radius 3 is 2.76 bits per heavy atom. The highest BCUT2D eigenvalue weighted by atomic mass is 32.1. The van der Waals surface area contributed by atoms with Crippen LogP contribution in [-0.4, -0.2) is 87.9 Å². The fourth-order valence-corrected chi connectivity index (χ4v) is 9.44. The van der Waals surface area contributed by atoms with Gasteiger partial charge in [-0.1, -0.05) is 19.9 Å². The van der Waals surface area contributed by atoms with Gasteiger partial charge >= 0.3 is 5.97 Å². The van der Waals surface area contributed by atoms with Crippen molar-refractivity contribution < 1.29 is 28.6 Å². The molecule has 2 amide bonds. The molecule has 0 radical (unpaired) electrons. The molecule has 8 rings (SSSR count). The van der Waals surface area contributed by atoms with Gasteiger partial charge in [0.25, 0.3) is 5.91 Å². The smallest absolute Gasteiger partial charge is 0.324 e. The maximum absolute atomic E-state index is 14.4. The number of rotatable bonds is 7. The third-order valence-corrected chi connectivity index (χ3v) is 12.6. The van der Waals surface area contributed by atoms with Gasteiger partial charge in [-0.2, -0.15) is 0 Å². The highest BCUT2D eigenvalue weighted by Gasteiger charge is 2.39. The lowest BCUT2D eigenvalue weighted by Crippen LogP contribution is -2.61. The number of hydrazine groups is 1. The Hall–Kier alpha value is -5.02. The highest BCUT2D eigenvalue weighted by molar-refractivity contribution is 7.10. The second kappa shape index (κ2) is 16.7. The molecule has 0 aliphatic carbocycles. The van der Waals surface area contributed by atoms with Crippen molar-refractivity contribution in [3.63, 3.8) is 0 Å². The number of benzene rings is 1. The number of pyridine rings is 2. The van der Waals surface area contributed by atoms with Crippen LogP contribution in [0, 0.1) is 11.3 Å². The van der Waals surface area contributed by atoms with Crippen LogP contribution in [0.1, 0.15) is 74.4 Å². The maximum Gasteiger partial charge on any atom is 0.324 e. The van der Waals surface area contributed by atoms with Crippen molar-refractivity contribution in [2.24, 2.45) is 11.3 Å². The molecular formula is C44H51N7O6S. The summed E-state index contributed by atoms with van der Waals surface area (Å²) in [7, 11) is 1.70. The zero-order valence-electron chi connectivity index (χ0n) is 33.7. The number of amides is 2. The lowest BCUT2D eigenvalue weighted by molar-refractivity contribution is -0.155. The van der Waals surface area contributed by atoms with Crippen molar-refractivity contribution in [2.75, 3.05) is 33.5 Å². The van der Waals surface area contributed by atoms with Crippen molar-refractivity contribution in [1.29, 1.82) is 0 Å². The summed E-state index contributed by atoms with van der Waals surface area (Å²) >= 11 is 1.46. The molecular weight excluding hydrogens is 755 g/mol. The number of carbonyl (C=O) groups is 3. The minimum Gasteiger partial charge on any atom is -0.464 e. The first-order chi connectivity index (χ1) is 28.0. The number of aryl methyl sites for hydroxylation is 1. The van der Waals surface area contributed by atoms with Crippen LogP contribution in [0.5, 0.6) is 0 Å². The van der Waals surface area contributed by atoms with E-state index in [4.69, 9.17) is 24.2 Å². The third-order valence-electron chi connectivity index (χ3n) is 11.7. The summed E-state index contributed by atoms with van der Waals surface area (Å²) in [4.78, 5) is 56.2. The lowest BCUT2D eigenvalue weighted by Gasteiger charge is -2.35. The van der Waals surface area contributed by atoms with Gasteiger partial charge in [0, 0.05) is 84.0 Å². The Morgan fingerprint density at radius 1 is 1.14 bits per heavy atom. The number of esters is 1. The summed E-state index contributed by atoms with van der Waals surface area (Å²) in [6, 6.07) is 12.6. The molecule has 7 heterocycles. The topological polar surface area (TPSA) is 150 Å². The fraction of sp³-hybridized carbons (Fsp3) is 0.455. The number of hydrogen-bond donors (Lipinski definition) is 2. The zero-order valence-corrected chi connectivity index (χ0v) is 34.5. The predicted octanol–water partition coefficient (Wildman–Crippen LogP) is 6.03. The van der Waals surface area contributed by atoms with Crippen LogP contribution in [0.15, 0.2) is 66.4 Å². The molecule has 5 atom stereocenters. The molecule has 0 spiro atoms. The number of aromatic nitrogens is 4. The number of hydrogen-bond acceptors (Lipinski definition) is 11. The molecule has 2 saturated heterocycles. The first kappa shape index (κ1) is 39.8. The molecule has 5 aromatic rings. The second-order valence-corrected chi connectivity index (χ2v) is 17.2. The van der Waals surface area contributed by atoms with Gasteiger partial charge in [-0.3, -0.25) is 29.4 Å². The van der Waals surface area contributed by atoms with E-state index >= 15 is 0 Å². The third kappa shape index (κ3) is 7.90. The first-order valence-electron chi connectivity index (χ1n) is 20.2. The van der Waals surface area contributed by atoms with Crippen LogP contribution >= 0.6 is 11.3 Å². The summed E-state index contributed by atoms with van der Waals surface area (Å²) in [6.45, 7) is 10.3. The molecule has 0 unspecified atom stereocenters. The first-order valence-corrected chi connectivity index (χ1v) is 21.0. The number of carbonyl (C=O) groups excluding carboxylic acids is 3. The highest BCUT2D eigenvalue weighted by Crippen LogP contribution is 2.42. The van der Waals surface area contributed by atoms with E-state index in [9.17, 15) is 14.4 Å². The SMILES string of the molecule is CCn1c(-c2cccnc2[C@H](C)OC)c2c3cc(ccc31)-c1csc(n1)C[C@H](NC(=O)[C@@H]1COC[C@H]1c1ccncc1)C(=O)N1CCC[C@H](N1)C(=O)OCC(C)(C)C2. The van der Waals surface area contributed by atoms with Crippen molar-refractivity contribution in [1.82, 2.24) is 35.3 Å². The van der Waals surface area contributed by atoms with E-state index in [1.807, 2.05) is 30.5 Å². The van der Waals surface area contributed by atoms with Gasteiger partial charge in [0.15, 0.2) is 0 Å². The van der Waals surface area contributed by atoms with Crippen molar-refractivity contribution in [3.8, 4) is 22.5 Å². The minimum atomic E-state index is -0.941. The van der Waals surface area contributed by atoms with E-state index in [-0.39, 0.29) is 43.5 Å².